The second-order valence-corrected chi connectivity index (χ2v) is 3.43. The Hall–Kier alpha value is -1.17. The third-order valence-corrected chi connectivity index (χ3v) is 2.17. The molecule has 0 radical (unpaired) electrons. The van der Waals surface area contributed by atoms with Crippen LogP contribution in [0.1, 0.15) is 5.56 Å². The number of carbonyl (C=O) groups excluding carboxylic acids is 1. The molecule has 1 aromatic carbocycles. The van der Waals surface area contributed by atoms with Crippen molar-refractivity contribution in [3.63, 3.8) is 0 Å². The molecule has 0 aromatic heterocycles. The van der Waals surface area contributed by atoms with Gasteiger partial charge in [0.05, 0.1) is 5.69 Å². The summed E-state index contributed by atoms with van der Waals surface area (Å²) in [6.07, 6.45) is -0.763. The van der Waals surface area contributed by atoms with E-state index in [2.05, 4.69) is 5.32 Å². The number of nitrogens with two attached hydrogens (primary N) is 1. The van der Waals surface area contributed by atoms with Crippen molar-refractivity contribution < 1.29 is 13.9 Å². The van der Waals surface area contributed by atoms with Crippen LogP contribution in [0.5, 0.6) is 0 Å². The molecule has 0 fully saturated rings. The molecule has 0 aliphatic rings. The van der Waals surface area contributed by atoms with Crippen LogP contribution in [0.3, 0.4) is 0 Å². The number of nitrogens with one attached hydrogen (secondary N) is 1. The van der Waals surface area contributed by atoms with Gasteiger partial charge in [0.15, 0.2) is 0 Å². The van der Waals surface area contributed by atoms with E-state index in [4.69, 9.17) is 10.5 Å². The smallest absolute Gasteiger partial charge is 0.254 e. The number of methoxy groups -OCH3 is 1. The quantitative estimate of drug-likeness (QED) is 0.864. The summed E-state index contributed by atoms with van der Waals surface area (Å²) in [7, 11) is 1.38. The van der Waals surface area contributed by atoms with Crippen LogP contribution < -0.4 is 11.1 Å². The monoisotopic (exact) mass is 262 g/mol. The zero-order chi connectivity index (χ0) is 12.1. The van der Waals surface area contributed by atoms with Gasteiger partial charge in [0.2, 0.25) is 0 Å². The van der Waals surface area contributed by atoms with E-state index in [0.29, 0.717) is 0 Å². The predicted molar refractivity (Wildman–Crippen MR) is 66.9 cm³/mol. The van der Waals surface area contributed by atoms with Crippen LogP contribution in [0.2, 0.25) is 0 Å². The molecule has 0 saturated carbocycles. The van der Waals surface area contributed by atoms with Gasteiger partial charge < -0.3 is 15.8 Å². The van der Waals surface area contributed by atoms with Gasteiger partial charge in [-0.3, -0.25) is 4.79 Å². The predicted octanol–water partition coefficient (Wildman–Crippen LogP) is 1.47. The summed E-state index contributed by atoms with van der Waals surface area (Å²) < 4.78 is 18.2. The van der Waals surface area contributed by atoms with Gasteiger partial charge in [0.1, 0.15) is 11.9 Å². The van der Waals surface area contributed by atoms with E-state index in [-0.39, 0.29) is 24.6 Å². The second kappa shape index (κ2) is 7.21. The van der Waals surface area contributed by atoms with Crippen molar-refractivity contribution in [2.45, 2.75) is 13.0 Å². The van der Waals surface area contributed by atoms with Crippen molar-refractivity contribution in [3.8, 4) is 0 Å². The molecular formula is C11H16ClFN2O2. The third-order valence-electron chi connectivity index (χ3n) is 2.17. The molecular weight excluding hydrogens is 247 g/mol. The van der Waals surface area contributed by atoms with E-state index in [0.717, 1.165) is 5.56 Å². The Balaban J connectivity index is 0.00000256. The van der Waals surface area contributed by atoms with Gasteiger partial charge in [-0.05, 0) is 24.6 Å². The van der Waals surface area contributed by atoms with Crippen LogP contribution in [0.4, 0.5) is 10.1 Å². The highest BCUT2D eigenvalue weighted by molar-refractivity contribution is 5.94. The van der Waals surface area contributed by atoms with Gasteiger partial charge >= 0.3 is 0 Å². The first-order valence-corrected chi connectivity index (χ1v) is 4.88. The fourth-order valence-electron chi connectivity index (χ4n) is 1.25. The molecule has 0 aliphatic heterocycles. The van der Waals surface area contributed by atoms with Crippen LogP contribution >= 0.6 is 12.4 Å². The lowest BCUT2D eigenvalue weighted by Gasteiger charge is -2.13. The SMILES string of the molecule is COC(CN)C(=O)Nc1ccc(C)cc1F.Cl. The zero-order valence-corrected chi connectivity index (χ0v) is 10.5. The second-order valence-electron chi connectivity index (χ2n) is 3.43. The minimum absolute atomic E-state index is 0. The Morgan fingerprint density at radius 2 is 2.24 bits per heavy atom. The molecule has 1 unspecified atom stereocenters. The maximum Gasteiger partial charge on any atom is 0.254 e. The number of halogens is 2. The molecule has 4 nitrogen and oxygen atoms in total. The maximum absolute atomic E-state index is 13.4. The van der Waals surface area contributed by atoms with E-state index in [1.165, 1.54) is 19.2 Å². The molecule has 17 heavy (non-hydrogen) atoms. The summed E-state index contributed by atoms with van der Waals surface area (Å²) in [6.45, 7) is 1.82. The first kappa shape index (κ1) is 15.8. The Kier molecular flexibility index (Phi) is 6.72. The van der Waals surface area contributed by atoms with E-state index in [1.807, 2.05) is 0 Å². The third kappa shape index (κ3) is 4.30. The van der Waals surface area contributed by atoms with Gasteiger partial charge in [-0.2, -0.15) is 0 Å². The Morgan fingerprint density at radius 1 is 1.59 bits per heavy atom. The van der Waals surface area contributed by atoms with Gasteiger partial charge in [0, 0.05) is 13.7 Å². The Bertz CT molecular complexity index is 384. The molecule has 0 bridgehead atoms. The molecule has 0 spiro atoms. The number of carbonyl (C=O) groups is 1. The number of amides is 1. The highest BCUT2D eigenvalue weighted by Crippen LogP contribution is 2.15. The highest BCUT2D eigenvalue weighted by Gasteiger charge is 2.16. The largest absolute Gasteiger partial charge is 0.370 e. The van der Waals surface area contributed by atoms with Crippen LogP contribution in [0.15, 0.2) is 18.2 Å². The molecule has 1 rings (SSSR count). The molecule has 0 saturated heterocycles. The van der Waals surface area contributed by atoms with E-state index < -0.39 is 17.8 Å². The summed E-state index contributed by atoms with van der Waals surface area (Å²) in [4.78, 5) is 11.5. The molecule has 1 amide bonds. The van der Waals surface area contributed by atoms with E-state index in [9.17, 15) is 9.18 Å². The van der Waals surface area contributed by atoms with Crippen molar-refractivity contribution >= 4 is 24.0 Å². The van der Waals surface area contributed by atoms with Gasteiger partial charge in [0.25, 0.3) is 5.91 Å². The summed E-state index contributed by atoms with van der Waals surface area (Å²) in [6, 6.07) is 4.56. The molecule has 1 aromatic rings. The lowest BCUT2D eigenvalue weighted by molar-refractivity contribution is -0.125. The highest BCUT2D eigenvalue weighted by atomic mass is 35.5. The Labute approximate surface area is 106 Å². The summed E-state index contributed by atoms with van der Waals surface area (Å²) in [5, 5.41) is 2.42. The maximum atomic E-state index is 13.4. The topological polar surface area (TPSA) is 64.3 Å². The average Bonchev–Trinajstić information content (AvgIpc) is 2.24. The van der Waals surface area contributed by atoms with Gasteiger partial charge in [-0.15, -0.1) is 12.4 Å². The molecule has 0 aliphatic carbocycles. The molecule has 0 heterocycles. The van der Waals surface area contributed by atoms with Crippen molar-refractivity contribution in [2.75, 3.05) is 19.0 Å². The fraction of sp³-hybridized carbons (Fsp3) is 0.364. The number of aryl methyl sites for hydroxylation is 1. The molecule has 1 atom stereocenters. The van der Waals surface area contributed by atoms with Crippen molar-refractivity contribution in [1.82, 2.24) is 0 Å². The minimum Gasteiger partial charge on any atom is -0.370 e. The molecule has 3 N–H and O–H groups in total. The molecule has 6 heteroatoms. The molecule has 96 valence electrons. The van der Waals surface area contributed by atoms with Gasteiger partial charge in [-0.1, -0.05) is 6.07 Å². The summed E-state index contributed by atoms with van der Waals surface area (Å²) >= 11 is 0. The summed E-state index contributed by atoms with van der Waals surface area (Å²) in [5.74, 6) is -0.923. The zero-order valence-electron chi connectivity index (χ0n) is 9.70. The number of benzene rings is 1. The van der Waals surface area contributed by atoms with Crippen molar-refractivity contribution in [1.29, 1.82) is 0 Å². The van der Waals surface area contributed by atoms with Gasteiger partial charge in [-0.25, -0.2) is 4.39 Å². The van der Waals surface area contributed by atoms with Crippen LogP contribution in [-0.4, -0.2) is 25.7 Å². The first-order valence-electron chi connectivity index (χ1n) is 4.88. The lowest BCUT2D eigenvalue weighted by atomic mass is 10.2. The van der Waals surface area contributed by atoms with E-state index >= 15 is 0 Å². The number of hydrogen-bond acceptors (Lipinski definition) is 3. The normalized spacial score (nSPS) is 11.5. The average molecular weight is 263 g/mol. The number of rotatable bonds is 4. The number of anilines is 1. The number of ether oxygens (including phenoxy) is 1. The van der Waals surface area contributed by atoms with Crippen LogP contribution in [0, 0.1) is 12.7 Å². The fourth-order valence-corrected chi connectivity index (χ4v) is 1.25. The number of hydrogen-bond donors (Lipinski definition) is 2. The standard InChI is InChI=1S/C11H15FN2O2.ClH/c1-7-3-4-9(8(12)5-7)14-11(15)10(6-13)16-2;/h3-5,10H,6,13H2,1-2H3,(H,14,15);1H. The minimum atomic E-state index is -0.763. The van der Waals surface area contributed by atoms with Crippen molar-refractivity contribution in [3.05, 3.63) is 29.6 Å². The lowest BCUT2D eigenvalue weighted by Crippen LogP contribution is -2.36. The Morgan fingerprint density at radius 3 is 2.71 bits per heavy atom. The van der Waals surface area contributed by atoms with Crippen LogP contribution in [-0.2, 0) is 9.53 Å². The van der Waals surface area contributed by atoms with Crippen LogP contribution in [0.25, 0.3) is 0 Å². The van der Waals surface area contributed by atoms with E-state index in [1.54, 1.807) is 13.0 Å². The van der Waals surface area contributed by atoms with Crippen molar-refractivity contribution in [2.24, 2.45) is 5.73 Å². The summed E-state index contributed by atoms with van der Waals surface area (Å²) in [5.41, 5.74) is 6.24. The first-order chi connectivity index (χ1) is 7.58.